The van der Waals surface area contributed by atoms with Gasteiger partial charge in [0, 0.05) is 11.1 Å². The average Bonchev–Trinajstić information content (AvgIpc) is 2.68. The fourth-order valence-electron chi connectivity index (χ4n) is 2.64. The number of anilines is 2. The van der Waals surface area contributed by atoms with Crippen LogP contribution in [0.4, 0.5) is 11.4 Å². The lowest BCUT2D eigenvalue weighted by Crippen LogP contribution is -2.14. The van der Waals surface area contributed by atoms with Gasteiger partial charge >= 0.3 is 0 Å². The second-order valence-corrected chi connectivity index (χ2v) is 6.35. The van der Waals surface area contributed by atoms with E-state index in [9.17, 15) is 9.59 Å². The second kappa shape index (κ2) is 7.20. The zero-order valence-corrected chi connectivity index (χ0v) is 15.0. The Morgan fingerprint density at radius 3 is 1.23 bits per heavy atom. The highest BCUT2D eigenvalue weighted by Crippen LogP contribution is 2.41. The van der Waals surface area contributed by atoms with Gasteiger partial charge in [0.25, 0.3) is 0 Å². The van der Waals surface area contributed by atoms with Gasteiger partial charge in [-0.3, -0.25) is 9.59 Å². The Hall–Kier alpha value is -2.82. The lowest BCUT2D eigenvalue weighted by atomic mass is 9.95. The minimum atomic E-state index is -0.416. The van der Waals surface area contributed by atoms with Gasteiger partial charge in [-0.05, 0) is 0 Å². The number of hydrogen-bond acceptors (Lipinski definition) is 4. The number of nitrogens with two attached hydrogens (primary N) is 2. The largest absolute Gasteiger partial charge is 0.397 e. The van der Waals surface area contributed by atoms with Crippen molar-refractivity contribution < 1.29 is 9.59 Å². The number of carbonyl (C=O) groups excluding carboxylic acids is 2. The van der Waals surface area contributed by atoms with Crippen LogP contribution >= 0.6 is 23.2 Å². The van der Waals surface area contributed by atoms with Crippen molar-refractivity contribution in [3.8, 4) is 0 Å². The maximum Gasteiger partial charge on any atom is 0.196 e. The quantitative estimate of drug-likeness (QED) is 0.507. The molecular weight excluding hydrogens is 371 g/mol. The fraction of sp³-hybridized carbons (Fsp3) is 0. The maximum atomic E-state index is 12.8. The maximum absolute atomic E-state index is 12.8. The molecule has 0 amide bonds. The molecule has 0 bridgehead atoms. The Balaban J connectivity index is 2.18. The Bertz CT molecular complexity index is 892. The van der Waals surface area contributed by atoms with Crippen LogP contribution in [0, 0.1) is 0 Å². The van der Waals surface area contributed by atoms with E-state index >= 15 is 0 Å². The zero-order valence-electron chi connectivity index (χ0n) is 13.5. The molecule has 0 heterocycles. The third kappa shape index (κ3) is 3.05. The molecule has 0 atom stereocenters. The van der Waals surface area contributed by atoms with Crippen LogP contribution in [-0.4, -0.2) is 11.6 Å². The average molecular weight is 385 g/mol. The standard InChI is InChI=1S/C20H14Cl2N2O2/c21-15-13(19(25)11-7-3-1-4-8-11)17(23)16(22)14(18(15)24)20(26)12-9-5-2-6-10-12/h1-10H,23-24H2. The van der Waals surface area contributed by atoms with Gasteiger partial charge in [0.2, 0.25) is 0 Å². The van der Waals surface area contributed by atoms with E-state index in [2.05, 4.69) is 0 Å². The van der Waals surface area contributed by atoms with Gasteiger partial charge in [-0.1, -0.05) is 83.9 Å². The van der Waals surface area contributed by atoms with E-state index in [0.29, 0.717) is 11.1 Å². The van der Waals surface area contributed by atoms with Gasteiger partial charge in [-0.15, -0.1) is 0 Å². The third-order valence-electron chi connectivity index (χ3n) is 3.98. The van der Waals surface area contributed by atoms with Crippen LogP contribution in [-0.2, 0) is 0 Å². The summed E-state index contributed by atoms with van der Waals surface area (Å²) >= 11 is 12.6. The molecule has 0 radical (unpaired) electrons. The number of halogens is 2. The Labute approximate surface area is 160 Å². The van der Waals surface area contributed by atoms with Crippen molar-refractivity contribution in [1.29, 1.82) is 0 Å². The van der Waals surface area contributed by atoms with Crippen molar-refractivity contribution in [2.75, 3.05) is 11.5 Å². The summed E-state index contributed by atoms with van der Waals surface area (Å²) in [6.45, 7) is 0. The van der Waals surface area contributed by atoms with Crippen molar-refractivity contribution in [1.82, 2.24) is 0 Å². The van der Waals surface area contributed by atoms with Gasteiger partial charge in [0.15, 0.2) is 11.6 Å². The van der Waals surface area contributed by atoms with Gasteiger partial charge < -0.3 is 11.5 Å². The first-order valence-corrected chi connectivity index (χ1v) is 8.44. The first-order chi connectivity index (χ1) is 12.4. The fourth-order valence-corrected chi connectivity index (χ4v) is 3.20. The highest BCUT2D eigenvalue weighted by atomic mass is 35.5. The zero-order chi connectivity index (χ0) is 18.8. The van der Waals surface area contributed by atoms with Crippen molar-refractivity contribution in [3.63, 3.8) is 0 Å². The summed E-state index contributed by atoms with van der Waals surface area (Å²) in [6.07, 6.45) is 0. The van der Waals surface area contributed by atoms with Crippen LogP contribution in [0.2, 0.25) is 10.0 Å². The molecule has 3 aromatic rings. The van der Waals surface area contributed by atoms with Crippen LogP contribution in [0.1, 0.15) is 31.8 Å². The predicted molar refractivity (Wildman–Crippen MR) is 105 cm³/mol. The van der Waals surface area contributed by atoms with Gasteiger partial charge in [-0.2, -0.15) is 0 Å². The summed E-state index contributed by atoms with van der Waals surface area (Å²) in [5.74, 6) is -0.833. The molecule has 0 aromatic heterocycles. The summed E-state index contributed by atoms with van der Waals surface area (Å²) in [5.41, 5.74) is 12.7. The van der Waals surface area contributed by atoms with Crippen LogP contribution in [0.15, 0.2) is 60.7 Å². The summed E-state index contributed by atoms with van der Waals surface area (Å²) in [7, 11) is 0. The van der Waals surface area contributed by atoms with Crippen molar-refractivity contribution >= 4 is 46.1 Å². The monoisotopic (exact) mass is 384 g/mol. The number of benzene rings is 3. The number of nitrogen functional groups attached to an aromatic ring is 2. The Kier molecular flexibility index (Phi) is 4.98. The second-order valence-electron chi connectivity index (χ2n) is 5.60. The molecule has 3 aromatic carbocycles. The molecule has 0 saturated carbocycles. The summed E-state index contributed by atoms with van der Waals surface area (Å²) < 4.78 is 0. The van der Waals surface area contributed by atoms with Gasteiger partial charge in [0.1, 0.15) is 0 Å². The third-order valence-corrected chi connectivity index (χ3v) is 4.76. The highest BCUT2D eigenvalue weighted by molar-refractivity contribution is 6.44. The minimum absolute atomic E-state index is 0.00928. The molecule has 0 saturated heterocycles. The van der Waals surface area contributed by atoms with E-state index in [1.54, 1.807) is 60.7 Å². The van der Waals surface area contributed by atoms with Crippen LogP contribution in [0.25, 0.3) is 0 Å². The molecule has 3 rings (SSSR count). The first kappa shape index (κ1) is 18.0. The lowest BCUT2D eigenvalue weighted by Gasteiger charge is -2.16. The molecule has 0 unspecified atom stereocenters. The van der Waals surface area contributed by atoms with Gasteiger partial charge in [-0.25, -0.2) is 0 Å². The number of hydrogen-bond donors (Lipinski definition) is 2. The Morgan fingerprint density at radius 2 is 0.923 bits per heavy atom. The summed E-state index contributed by atoms with van der Waals surface area (Å²) in [6, 6.07) is 17.0. The lowest BCUT2D eigenvalue weighted by molar-refractivity contribution is 0.102. The van der Waals surface area contributed by atoms with E-state index in [0.717, 1.165) is 0 Å². The molecule has 26 heavy (non-hydrogen) atoms. The van der Waals surface area contributed by atoms with E-state index in [-0.39, 0.29) is 32.5 Å². The molecule has 0 aliphatic heterocycles. The molecule has 130 valence electrons. The first-order valence-electron chi connectivity index (χ1n) is 7.68. The molecular formula is C20H14Cl2N2O2. The van der Waals surface area contributed by atoms with Crippen LogP contribution < -0.4 is 11.5 Å². The molecule has 4 nitrogen and oxygen atoms in total. The molecule has 0 aliphatic carbocycles. The van der Waals surface area contributed by atoms with Crippen molar-refractivity contribution in [2.24, 2.45) is 0 Å². The van der Waals surface area contributed by atoms with E-state index in [4.69, 9.17) is 34.7 Å². The molecule has 0 aliphatic rings. The number of ketones is 2. The van der Waals surface area contributed by atoms with E-state index in [1.165, 1.54) is 0 Å². The molecule has 0 spiro atoms. The normalized spacial score (nSPS) is 10.5. The topological polar surface area (TPSA) is 86.2 Å². The summed E-state index contributed by atoms with van der Waals surface area (Å²) in [5, 5.41) is -0.167. The molecule has 4 N–H and O–H groups in total. The smallest absolute Gasteiger partial charge is 0.196 e. The van der Waals surface area contributed by atoms with Crippen molar-refractivity contribution in [3.05, 3.63) is 93.0 Å². The highest BCUT2D eigenvalue weighted by Gasteiger charge is 2.27. The molecule has 6 heteroatoms. The van der Waals surface area contributed by atoms with E-state index < -0.39 is 11.6 Å². The number of carbonyl (C=O) groups is 2. The minimum Gasteiger partial charge on any atom is -0.397 e. The SMILES string of the molecule is Nc1c(Cl)c(C(=O)c2ccccc2)c(N)c(Cl)c1C(=O)c1ccccc1. The summed E-state index contributed by atoms with van der Waals surface area (Å²) in [4.78, 5) is 25.6. The number of rotatable bonds is 4. The van der Waals surface area contributed by atoms with Crippen molar-refractivity contribution in [2.45, 2.75) is 0 Å². The molecule has 0 fully saturated rings. The van der Waals surface area contributed by atoms with E-state index in [1.807, 2.05) is 0 Å². The van der Waals surface area contributed by atoms with Crippen LogP contribution in [0.5, 0.6) is 0 Å². The Morgan fingerprint density at radius 1 is 0.615 bits per heavy atom. The van der Waals surface area contributed by atoms with Crippen LogP contribution in [0.3, 0.4) is 0 Å². The predicted octanol–water partition coefficient (Wildman–Crippen LogP) is 4.62. The van der Waals surface area contributed by atoms with Gasteiger partial charge in [0.05, 0.1) is 32.5 Å².